The maximum atomic E-state index is 4.52. The Morgan fingerprint density at radius 3 is 2.30 bits per heavy atom. The first-order chi connectivity index (χ1) is 12.8. The van der Waals surface area contributed by atoms with Crippen molar-refractivity contribution in [3.05, 3.63) is 35.7 Å². The highest BCUT2D eigenvalue weighted by atomic mass is 15.4. The van der Waals surface area contributed by atoms with Crippen LogP contribution in [0.4, 0.5) is 11.6 Å². The van der Waals surface area contributed by atoms with E-state index in [1.807, 2.05) is 11.4 Å². The van der Waals surface area contributed by atoms with Gasteiger partial charge in [0, 0.05) is 48.9 Å². The second-order valence-corrected chi connectivity index (χ2v) is 8.10. The zero-order valence-electron chi connectivity index (χ0n) is 16.6. The molecule has 0 spiro atoms. The van der Waals surface area contributed by atoms with Crippen molar-refractivity contribution >= 4 is 17.4 Å². The van der Waals surface area contributed by atoms with E-state index in [9.17, 15) is 0 Å². The van der Waals surface area contributed by atoms with Gasteiger partial charge in [-0.05, 0) is 13.8 Å². The summed E-state index contributed by atoms with van der Waals surface area (Å²) in [6.45, 7) is 14.3. The summed E-state index contributed by atoms with van der Waals surface area (Å²) in [4.78, 5) is 22.4. The van der Waals surface area contributed by atoms with Crippen molar-refractivity contribution in [3.8, 4) is 0 Å². The van der Waals surface area contributed by atoms with Gasteiger partial charge in [-0.25, -0.2) is 15.0 Å². The van der Waals surface area contributed by atoms with Crippen molar-refractivity contribution in [2.45, 2.75) is 40.0 Å². The molecule has 0 unspecified atom stereocenters. The Morgan fingerprint density at radius 1 is 0.889 bits per heavy atom. The van der Waals surface area contributed by atoms with Gasteiger partial charge in [-0.2, -0.15) is 14.6 Å². The third-order valence-electron chi connectivity index (χ3n) is 5.20. The van der Waals surface area contributed by atoms with Crippen LogP contribution >= 0.6 is 0 Å². The van der Waals surface area contributed by atoms with Crippen LogP contribution in [-0.2, 0) is 5.41 Å². The Morgan fingerprint density at radius 2 is 1.59 bits per heavy atom. The van der Waals surface area contributed by atoms with Crippen molar-refractivity contribution in [2.75, 3.05) is 36.0 Å². The van der Waals surface area contributed by atoms with E-state index in [2.05, 4.69) is 68.6 Å². The smallest absolute Gasteiger partial charge is 0.254 e. The van der Waals surface area contributed by atoms with Crippen LogP contribution in [0.2, 0.25) is 0 Å². The van der Waals surface area contributed by atoms with Gasteiger partial charge >= 0.3 is 0 Å². The molecule has 0 bridgehead atoms. The molecule has 0 saturated carbocycles. The van der Waals surface area contributed by atoms with Crippen molar-refractivity contribution in [3.63, 3.8) is 0 Å². The highest BCUT2D eigenvalue weighted by Crippen LogP contribution is 2.26. The lowest BCUT2D eigenvalue weighted by atomic mass is 9.92. The first-order valence-corrected chi connectivity index (χ1v) is 9.34. The van der Waals surface area contributed by atoms with E-state index < -0.39 is 0 Å². The summed E-state index contributed by atoms with van der Waals surface area (Å²) in [5, 5.41) is 4.38. The Labute approximate surface area is 159 Å². The molecule has 4 heterocycles. The van der Waals surface area contributed by atoms with Crippen LogP contribution in [0, 0.1) is 13.8 Å². The predicted octanol–water partition coefficient (Wildman–Crippen LogP) is 2.16. The van der Waals surface area contributed by atoms with Gasteiger partial charge in [0.2, 0.25) is 0 Å². The molecule has 27 heavy (non-hydrogen) atoms. The van der Waals surface area contributed by atoms with Crippen LogP contribution in [0.25, 0.3) is 5.78 Å². The van der Waals surface area contributed by atoms with Crippen LogP contribution in [0.5, 0.6) is 0 Å². The molecule has 0 aliphatic carbocycles. The molecule has 4 rings (SSSR count). The van der Waals surface area contributed by atoms with Crippen LogP contribution in [0.3, 0.4) is 0 Å². The summed E-state index contributed by atoms with van der Waals surface area (Å²) in [5.74, 6) is 2.75. The fourth-order valence-electron chi connectivity index (χ4n) is 3.46. The lowest BCUT2D eigenvalue weighted by Gasteiger charge is -2.37. The largest absolute Gasteiger partial charge is 0.353 e. The maximum Gasteiger partial charge on any atom is 0.254 e. The third-order valence-corrected chi connectivity index (χ3v) is 5.20. The summed E-state index contributed by atoms with van der Waals surface area (Å²) < 4.78 is 1.85. The average Bonchev–Trinajstić information content (AvgIpc) is 3.10. The quantitative estimate of drug-likeness (QED) is 0.688. The Balaban J connectivity index is 1.57. The molecular weight excluding hydrogens is 340 g/mol. The van der Waals surface area contributed by atoms with Crippen molar-refractivity contribution in [2.24, 2.45) is 0 Å². The number of nitrogens with zero attached hydrogens (tertiary/aromatic N) is 8. The average molecular weight is 366 g/mol. The molecule has 0 aromatic carbocycles. The van der Waals surface area contributed by atoms with Crippen molar-refractivity contribution < 1.29 is 0 Å². The van der Waals surface area contributed by atoms with Crippen molar-refractivity contribution in [1.29, 1.82) is 0 Å². The zero-order chi connectivity index (χ0) is 19.2. The minimum atomic E-state index is 0.0177. The second kappa shape index (κ2) is 6.44. The molecule has 0 amide bonds. The minimum absolute atomic E-state index is 0.0177. The molecule has 0 radical (unpaired) electrons. The van der Waals surface area contributed by atoms with E-state index >= 15 is 0 Å². The predicted molar refractivity (Wildman–Crippen MR) is 105 cm³/mol. The fraction of sp³-hybridized carbons (Fsp3) is 0.526. The highest BCUT2D eigenvalue weighted by molar-refractivity contribution is 5.55. The van der Waals surface area contributed by atoms with Crippen molar-refractivity contribution in [1.82, 2.24) is 29.5 Å². The van der Waals surface area contributed by atoms with Crippen LogP contribution in [0.1, 0.15) is 37.7 Å². The van der Waals surface area contributed by atoms with Crippen LogP contribution in [0.15, 0.2) is 18.7 Å². The maximum absolute atomic E-state index is 4.52. The summed E-state index contributed by atoms with van der Waals surface area (Å²) in [5.41, 5.74) is 3.24. The number of fused-ring (bicyclic) bond motifs is 1. The Bertz CT molecular complexity index is 963. The first kappa shape index (κ1) is 17.6. The fourth-order valence-corrected chi connectivity index (χ4v) is 3.46. The molecule has 1 saturated heterocycles. The molecule has 1 aliphatic rings. The number of hydrogen-bond donors (Lipinski definition) is 0. The lowest BCUT2D eigenvalue weighted by Crippen LogP contribution is -2.47. The number of aromatic nitrogens is 6. The van der Waals surface area contributed by atoms with E-state index in [0.29, 0.717) is 5.78 Å². The Hall–Kier alpha value is -2.77. The molecule has 3 aromatic heterocycles. The third kappa shape index (κ3) is 3.20. The molecule has 8 heteroatoms. The Kier molecular flexibility index (Phi) is 4.20. The number of anilines is 2. The SMILES string of the molecule is Cc1nc2ncnn2c(N2CCN(c3cc(C(C)(C)C)ncn3)CC2)c1C. The topological polar surface area (TPSA) is 75.3 Å². The first-order valence-electron chi connectivity index (χ1n) is 9.34. The molecule has 0 N–H and O–H groups in total. The molecule has 1 aliphatic heterocycles. The number of aryl methyl sites for hydroxylation is 1. The van der Waals surface area contributed by atoms with E-state index in [4.69, 9.17) is 0 Å². The van der Waals surface area contributed by atoms with Gasteiger partial charge in [0.1, 0.15) is 24.3 Å². The second-order valence-electron chi connectivity index (χ2n) is 8.10. The summed E-state index contributed by atoms with van der Waals surface area (Å²) in [6.07, 6.45) is 3.24. The number of piperazine rings is 1. The van der Waals surface area contributed by atoms with E-state index in [1.165, 1.54) is 0 Å². The molecule has 8 nitrogen and oxygen atoms in total. The molecular formula is C19H26N8. The lowest BCUT2D eigenvalue weighted by molar-refractivity contribution is 0.564. The van der Waals surface area contributed by atoms with Gasteiger partial charge in [0.05, 0.1) is 5.69 Å². The van der Waals surface area contributed by atoms with E-state index in [1.54, 1.807) is 12.7 Å². The molecule has 1 fully saturated rings. The van der Waals surface area contributed by atoms with Crippen LogP contribution < -0.4 is 9.80 Å². The van der Waals surface area contributed by atoms with Gasteiger partial charge in [-0.3, -0.25) is 0 Å². The van der Waals surface area contributed by atoms with Gasteiger partial charge in [0.25, 0.3) is 5.78 Å². The monoisotopic (exact) mass is 366 g/mol. The van der Waals surface area contributed by atoms with Gasteiger partial charge in [-0.1, -0.05) is 20.8 Å². The van der Waals surface area contributed by atoms with E-state index in [-0.39, 0.29) is 5.41 Å². The summed E-state index contributed by atoms with van der Waals surface area (Å²) >= 11 is 0. The highest BCUT2D eigenvalue weighted by Gasteiger charge is 2.24. The van der Waals surface area contributed by atoms with E-state index in [0.717, 1.165) is 54.8 Å². The number of rotatable bonds is 2. The normalized spacial score (nSPS) is 15.6. The zero-order valence-corrected chi connectivity index (χ0v) is 16.6. The summed E-state index contributed by atoms with van der Waals surface area (Å²) in [6, 6.07) is 2.12. The van der Waals surface area contributed by atoms with Gasteiger partial charge in [-0.15, -0.1) is 0 Å². The molecule has 3 aromatic rings. The van der Waals surface area contributed by atoms with Gasteiger partial charge in [0.15, 0.2) is 0 Å². The molecule has 142 valence electrons. The van der Waals surface area contributed by atoms with Crippen LogP contribution in [-0.4, -0.2) is 55.7 Å². The standard InChI is InChI=1S/C19H26N8/c1-13-14(2)24-18-22-12-23-27(18)17(13)26-8-6-25(7-9-26)16-10-15(19(3,4)5)20-11-21-16/h10-12H,6-9H2,1-5H3. The summed E-state index contributed by atoms with van der Waals surface area (Å²) in [7, 11) is 0. The number of hydrogen-bond acceptors (Lipinski definition) is 7. The van der Waals surface area contributed by atoms with Gasteiger partial charge < -0.3 is 9.80 Å². The molecule has 0 atom stereocenters. The minimum Gasteiger partial charge on any atom is -0.353 e.